The van der Waals surface area contributed by atoms with Crippen LogP contribution in [-0.2, 0) is 6.42 Å². The molecule has 1 heterocycles. The number of hydrogen-bond acceptors (Lipinski definition) is 4. The number of nitrogens with two attached hydrogens (primary N) is 3. The van der Waals surface area contributed by atoms with Gasteiger partial charge in [-0.3, -0.25) is 0 Å². The number of nitrogen functional groups attached to an aromatic ring is 1. The van der Waals surface area contributed by atoms with E-state index in [2.05, 4.69) is 35.6 Å². The van der Waals surface area contributed by atoms with E-state index < -0.39 is 0 Å². The Morgan fingerprint density at radius 3 is 2.33 bits per heavy atom. The molecule has 0 radical (unpaired) electrons. The Bertz CT molecular complexity index is 241. The lowest BCUT2D eigenvalue weighted by atomic mass is 10.4. The van der Waals surface area contributed by atoms with Gasteiger partial charge < -0.3 is 17.2 Å². The molecule has 0 aliphatic carbocycles. The van der Waals surface area contributed by atoms with Crippen LogP contribution in [0.5, 0.6) is 0 Å². The molecule has 0 bridgehead atoms. The SMILES string of the molecule is CCc1cnc(N)s1.NC(N)=S. The van der Waals surface area contributed by atoms with Crippen molar-refractivity contribution in [2.45, 2.75) is 13.3 Å². The number of aryl methyl sites for hydroxylation is 1. The minimum Gasteiger partial charge on any atom is -0.377 e. The van der Waals surface area contributed by atoms with Gasteiger partial charge in [-0.15, -0.1) is 11.3 Å². The van der Waals surface area contributed by atoms with Gasteiger partial charge in [0.2, 0.25) is 0 Å². The van der Waals surface area contributed by atoms with Crippen LogP contribution in [0.1, 0.15) is 11.8 Å². The fourth-order valence-electron chi connectivity index (χ4n) is 0.486. The lowest BCUT2D eigenvalue weighted by Gasteiger charge is -1.78. The Hall–Kier alpha value is -0.880. The van der Waals surface area contributed by atoms with Crippen LogP contribution in [0.4, 0.5) is 5.13 Å². The van der Waals surface area contributed by atoms with Crippen molar-refractivity contribution in [3.05, 3.63) is 11.1 Å². The first kappa shape index (κ1) is 11.1. The lowest BCUT2D eigenvalue weighted by molar-refractivity contribution is 1.17. The summed E-state index contributed by atoms with van der Waals surface area (Å²) >= 11 is 5.65. The molecule has 0 saturated heterocycles. The topological polar surface area (TPSA) is 90.9 Å². The molecule has 6 N–H and O–H groups in total. The summed E-state index contributed by atoms with van der Waals surface area (Å²) in [7, 11) is 0. The van der Waals surface area contributed by atoms with Gasteiger partial charge in [0.05, 0.1) is 0 Å². The molecule has 6 heteroatoms. The molecule has 1 rings (SSSR count). The summed E-state index contributed by atoms with van der Waals surface area (Å²) in [6.07, 6.45) is 2.86. The first-order chi connectivity index (χ1) is 5.56. The molecule has 0 aliphatic rings. The Labute approximate surface area is 80.8 Å². The van der Waals surface area contributed by atoms with Gasteiger partial charge in [-0.1, -0.05) is 6.92 Å². The van der Waals surface area contributed by atoms with E-state index in [1.807, 2.05) is 6.20 Å². The summed E-state index contributed by atoms with van der Waals surface area (Å²) in [5, 5.41) is 0.668. The second-order valence-electron chi connectivity index (χ2n) is 1.92. The zero-order valence-corrected chi connectivity index (χ0v) is 8.41. The van der Waals surface area contributed by atoms with Crippen molar-refractivity contribution in [1.29, 1.82) is 0 Å². The maximum atomic E-state index is 5.36. The predicted octanol–water partition coefficient (Wildman–Crippen LogP) is 0.476. The van der Waals surface area contributed by atoms with E-state index in [1.54, 1.807) is 11.3 Å². The van der Waals surface area contributed by atoms with Gasteiger partial charge in [-0.2, -0.15) is 0 Å². The Morgan fingerprint density at radius 2 is 2.17 bits per heavy atom. The van der Waals surface area contributed by atoms with Crippen molar-refractivity contribution >= 4 is 33.8 Å². The summed E-state index contributed by atoms with van der Waals surface area (Å²) in [5.41, 5.74) is 14.6. The Kier molecular flexibility index (Phi) is 5.31. The zero-order chi connectivity index (χ0) is 9.56. The third-order valence-corrected chi connectivity index (χ3v) is 1.89. The highest BCUT2D eigenvalue weighted by atomic mass is 32.1. The van der Waals surface area contributed by atoms with Gasteiger partial charge in [0.25, 0.3) is 0 Å². The zero-order valence-electron chi connectivity index (χ0n) is 6.78. The lowest BCUT2D eigenvalue weighted by Crippen LogP contribution is -2.18. The van der Waals surface area contributed by atoms with E-state index in [9.17, 15) is 0 Å². The highest BCUT2D eigenvalue weighted by Gasteiger charge is 1.91. The van der Waals surface area contributed by atoms with Crippen LogP contribution >= 0.6 is 23.6 Å². The average Bonchev–Trinajstić information content (AvgIpc) is 2.34. The largest absolute Gasteiger partial charge is 0.377 e. The van der Waals surface area contributed by atoms with Gasteiger partial charge in [0.1, 0.15) is 0 Å². The molecule has 0 unspecified atom stereocenters. The molecule has 0 fully saturated rings. The maximum absolute atomic E-state index is 5.36. The summed E-state index contributed by atoms with van der Waals surface area (Å²) in [4.78, 5) is 5.14. The molecular formula is C6H12N4S2. The smallest absolute Gasteiger partial charge is 0.180 e. The second-order valence-corrected chi connectivity index (χ2v) is 3.54. The standard InChI is InChI=1S/C5H8N2S.CH4N2S/c1-2-4-3-7-5(6)8-4;2-1(3)4/h3H,2H2,1H3,(H2,6,7);(H4,2,3,4). The van der Waals surface area contributed by atoms with Crippen LogP contribution in [0.25, 0.3) is 0 Å². The summed E-state index contributed by atoms with van der Waals surface area (Å²) in [6.45, 7) is 2.09. The number of anilines is 1. The summed E-state index contributed by atoms with van der Waals surface area (Å²) in [6, 6.07) is 0. The van der Waals surface area contributed by atoms with E-state index in [1.165, 1.54) is 4.88 Å². The number of rotatable bonds is 1. The predicted molar refractivity (Wildman–Crippen MR) is 56.9 cm³/mol. The first-order valence-corrected chi connectivity index (χ1v) is 4.53. The summed E-state index contributed by atoms with van der Waals surface area (Å²) < 4.78 is 0. The molecule has 1 aromatic rings. The van der Waals surface area contributed by atoms with E-state index in [0.717, 1.165) is 6.42 Å². The van der Waals surface area contributed by atoms with Gasteiger partial charge in [-0.05, 0) is 18.6 Å². The molecule has 68 valence electrons. The second kappa shape index (κ2) is 5.73. The fraction of sp³-hybridized carbons (Fsp3) is 0.333. The summed E-state index contributed by atoms with van der Waals surface area (Å²) in [5.74, 6) is 0. The van der Waals surface area contributed by atoms with Crippen molar-refractivity contribution in [3.8, 4) is 0 Å². The maximum Gasteiger partial charge on any atom is 0.180 e. The molecule has 0 atom stereocenters. The fourth-order valence-corrected chi connectivity index (χ4v) is 1.11. The van der Waals surface area contributed by atoms with Crippen LogP contribution in [0.2, 0.25) is 0 Å². The Morgan fingerprint density at radius 1 is 1.67 bits per heavy atom. The quantitative estimate of drug-likeness (QED) is 0.579. The molecule has 0 aliphatic heterocycles. The van der Waals surface area contributed by atoms with Crippen molar-refractivity contribution in [3.63, 3.8) is 0 Å². The molecule has 1 aromatic heterocycles. The van der Waals surface area contributed by atoms with Gasteiger partial charge >= 0.3 is 0 Å². The molecule has 0 spiro atoms. The molecule has 0 saturated carbocycles. The number of thiocarbonyl (C=S) groups is 1. The number of aromatic nitrogens is 1. The normalized spacial score (nSPS) is 8.42. The van der Waals surface area contributed by atoms with E-state index in [-0.39, 0.29) is 5.11 Å². The number of hydrogen-bond donors (Lipinski definition) is 3. The van der Waals surface area contributed by atoms with Crippen molar-refractivity contribution in [2.75, 3.05) is 5.73 Å². The van der Waals surface area contributed by atoms with Crippen LogP contribution in [0.3, 0.4) is 0 Å². The average molecular weight is 204 g/mol. The van der Waals surface area contributed by atoms with Gasteiger partial charge in [0.15, 0.2) is 10.2 Å². The van der Waals surface area contributed by atoms with Crippen LogP contribution in [0.15, 0.2) is 6.20 Å². The molecule has 12 heavy (non-hydrogen) atoms. The highest BCUT2D eigenvalue weighted by molar-refractivity contribution is 7.80. The van der Waals surface area contributed by atoms with E-state index in [0.29, 0.717) is 5.13 Å². The van der Waals surface area contributed by atoms with Crippen LogP contribution in [0, 0.1) is 0 Å². The minimum atomic E-state index is 0.000000000000000222. The molecule has 0 aromatic carbocycles. The van der Waals surface area contributed by atoms with Crippen LogP contribution < -0.4 is 17.2 Å². The highest BCUT2D eigenvalue weighted by Crippen LogP contribution is 2.13. The first-order valence-electron chi connectivity index (χ1n) is 3.31. The van der Waals surface area contributed by atoms with Crippen molar-refractivity contribution in [2.24, 2.45) is 11.5 Å². The third-order valence-electron chi connectivity index (χ3n) is 0.920. The monoisotopic (exact) mass is 204 g/mol. The van der Waals surface area contributed by atoms with E-state index >= 15 is 0 Å². The van der Waals surface area contributed by atoms with Crippen molar-refractivity contribution < 1.29 is 0 Å². The van der Waals surface area contributed by atoms with E-state index in [4.69, 9.17) is 5.73 Å². The number of nitrogens with zero attached hydrogens (tertiary/aromatic N) is 1. The third kappa shape index (κ3) is 5.87. The minimum absolute atomic E-state index is 0.000000000000000222. The van der Waals surface area contributed by atoms with Gasteiger partial charge in [-0.25, -0.2) is 4.98 Å². The molecule has 0 amide bonds. The molecule has 4 nitrogen and oxygen atoms in total. The van der Waals surface area contributed by atoms with Crippen molar-refractivity contribution in [1.82, 2.24) is 4.98 Å². The Balaban J connectivity index is 0.000000261. The van der Waals surface area contributed by atoms with Gasteiger partial charge in [0, 0.05) is 11.1 Å². The number of thiazole rings is 1. The molecular weight excluding hydrogens is 192 g/mol. The van der Waals surface area contributed by atoms with Crippen LogP contribution in [-0.4, -0.2) is 10.1 Å².